The van der Waals surface area contributed by atoms with E-state index in [0.29, 0.717) is 12.4 Å². The SMILES string of the molecule is CSC1(CNc2ncc([N+](=O)[O-])cc2C(N)=O)CC1. The fourth-order valence-corrected chi connectivity index (χ4v) is 2.45. The second-order valence-electron chi connectivity index (χ2n) is 4.45. The Labute approximate surface area is 114 Å². The highest BCUT2D eigenvalue weighted by Gasteiger charge is 2.41. The highest BCUT2D eigenvalue weighted by Crippen LogP contribution is 2.47. The molecular formula is C11H14N4O3S. The van der Waals surface area contributed by atoms with Crippen LogP contribution in [0.3, 0.4) is 0 Å². The molecule has 1 aromatic heterocycles. The van der Waals surface area contributed by atoms with Crippen LogP contribution in [0.15, 0.2) is 12.3 Å². The predicted molar refractivity (Wildman–Crippen MR) is 73.4 cm³/mol. The van der Waals surface area contributed by atoms with Crippen LogP contribution in [0.4, 0.5) is 11.5 Å². The van der Waals surface area contributed by atoms with E-state index in [4.69, 9.17) is 5.73 Å². The molecule has 0 aromatic carbocycles. The first-order chi connectivity index (χ1) is 8.97. The van der Waals surface area contributed by atoms with E-state index in [0.717, 1.165) is 25.1 Å². The number of hydrogen-bond donors (Lipinski definition) is 2. The third kappa shape index (κ3) is 2.95. The summed E-state index contributed by atoms with van der Waals surface area (Å²) in [5.41, 5.74) is 5.03. The van der Waals surface area contributed by atoms with Crippen LogP contribution in [0.25, 0.3) is 0 Å². The van der Waals surface area contributed by atoms with Crippen LogP contribution in [0.2, 0.25) is 0 Å². The summed E-state index contributed by atoms with van der Waals surface area (Å²) in [6.07, 6.45) is 5.38. The quantitative estimate of drug-likeness (QED) is 0.602. The smallest absolute Gasteiger partial charge is 0.288 e. The summed E-state index contributed by atoms with van der Waals surface area (Å²) in [7, 11) is 0. The van der Waals surface area contributed by atoms with Gasteiger partial charge < -0.3 is 11.1 Å². The van der Waals surface area contributed by atoms with Gasteiger partial charge in [0.15, 0.2) is 0 Å². The lowest BCUT2D eigenvalue weighted by atomic mass is 10.2. The maximum atomic E-state index is 11.3. The molecule has 0 atom stereocenters. The highest BCUT2D eigenvalue weighted by molar-refractivity contribution is 8.00. The van der Waals surface area contributed by atoms with Gasteiger partial charge in [-0.25, -0.2) is 4.98 Å². The minimum absolute atomic E-state index is 0.0473. The molecule has 3 N–H and O–H groups in total. The van der Waals surface area contributed by atoms with Crippen LogP contribution in [0.5, 0.6) is 0 Å². The van der Waals surface area contributed by atoms with Gasteiger partial charge in [-0.3, -0.25) is 14.9 Å². The average molecular weight is 282 g/mol. The molecule has 2 rings (SSSR count). The monoisotopic (exact) mass is 282 g/mol. The number of carbonyl (C=O) groups excluding carboxylic acids is 1. The molecule has 0 spiro atoms. The number of thioether (sulfide) groups is 1. The average Bonchev–Trinajstić information content (AvgIpc) is 3.16. The summed E-state index contributed by atoms with van der Waals surface area (Å²) in [4.78, 5) is 25.3. The summed E-state index contributed by atoms with van der Waals surface area (Å²) >= 11 is 1.77. The number of carbonyl (C=O) groups is 1. The van der Waals surface area contributed by atoms with Crippen LogP contribution < -0.4 is 11.1 Å². The number of anilines is 1. The number of nitro groups is 1. The Kier molecular flexibility index (Phi) is 3.61. The lowest BCUT2D eigenvalue weighted by molar-refractivity contribution is -0.385. The number of nitrogens with one attached hydrogen (secondary N) is 1. The molecule has 0 radical (unpaired) electrons. The molecule has 1 aliphatic carbocycles. The van der Waals surface area contributed by atoms with E-state index in [1.807, 2.05) is 6.26 Å². The third-order valence-electron chi connectivity index (χ3n) is 3.17. The lowest BCUT2D eigenvalue weighted by Crippen LogP contribution is -2.21. The maximum absolute atomic E-state index is 11.3. The molecular weight excluding hydrogens is 268 g/mol. The first kappa shape index (κ1) is 13.6. The summed E-state index contributed by atoms with van der Waals surface area (Å²) in [5.74, 6) is -0.425. The van der Waals surface area contributed by atoms with E-state index in [-0.39, 0.29) is 16.0 Å². The van der Waals surface area contributed by atoms with Crippen molar-refractivity contribution in [2.45, 2.75) is 17.6 Å². The van der Waals surface area contributed by atoms with Crippen molar-refractivity contribution < 1.29 is 9.72 Å². The number of rotatable bonds is 6. The molecule has 1 aromatic rings. The normalized spacial score (nSPS) is 15.8. The predicted octanol–water partition coefficient (Wildman–Crippen LogP) is 1.40. The van der Waals surface area contributed by atoms with Gasteiger partial charge in [-0.15, -0.1) is 0 Å². The van der Waals surface area contributed by atoms with Crippen molar-refractivity contribution in [2.24, 2.45) is 5.73 Å². The molecule has 1 aliphatic rings. The Morgan fingerprint density at radius 3 is 2.84 bits per heavy atom. The van der Waals surface area contributed by atoms with Crippen LogP contribution in [0, 0.1) is 10.1 Å². The van der Waals surface area contributed by atoms with Gasteiger partial charge in [0.05, 0.1) is 10.5 Å². The standard InChI is InChI=1S/C11H14N4O3S/c1-19-11(2-3-11)6-14-10-8(9(12)16)4-7(5-13-10)15(17)18/h4-5H,2-3,6H2,1H3,(H2,12,16)(H,13,14). The van der Waals surface area contributed by atoms with Crippen molar-refractivity contribution in [3.05, 3.63) is 27.9 Å². The minimum Gasteiger partial charge on any atom is -0.368 e. The Balaban J connectivity index is 2.19. The van der Waals surface area contributed by atoms with Crippen molar-refractivity contribution in [2.75, 3.05) is 18.1 Å². The minimum atomic E-state index is -0.729. The van der Waals surface area contributed by atoms with E-state index in [9.17, 15) is 14.9 Å². The molecule has 7 nitrogen and oxygen atoms in total. The number of primary amides is 1. The van der Waals surface area contributed by atoms with Crippen LogP contribution in [0.1, 0.15) is 23.2 Å². The van der Waals surface area contributed by atoms with Gasteiger partial charge in [-0.1, -0.05) is 0 Å². The molecule has 102 valence electrons. The van der Waals surface area contributed by atoms with Crippen LogP contribution in [-0.4, -0.2) is 33.4 Å². The second-order valence-corrected chi connectivity index (χ2v) is 5.73. The molecule has 8 heteroatoms. The summed E-state index contributed by atoms with van der Waals surface area (Å²) in [5, 5.41) is 13.7. The Morgan fingerprint density at radius 1 is 1.68 bits per heavy atom. The van der Waals surface area contributed by atoms with E-state index in [1.165, 1.54) is 0 Å². The van der Waals surface area contributed by atoms with Crippen LogP contribution >= 0.6 is 11.8 Å². The molecule has 1 heterocycles. The van der Waals surface area contributed by atoms with Gasteiger partial charge in [0.1, 0.15) is 12.0 Å². The molecule has 1 saturated carbocycles. The lowest BCUT2D eigenvalue weighted by Gasteiger charge is -2.14. The van der Waals surface area contributed by atoms with Crippen LogP contribution in [-0.2, 0) is 0 Å². The molecule has 19 heavy (non-hydrogen) atoms. The zero-order valence-electron chi connectivity index (χ0n) is 10.4. The van der Waals surface area contributed by atoms with E-state index < -0.39 is 10.8 Å². The number of pyridine rings is 1. The number of aromatic nitrogens is 1. The number of amides is 1. The van der Waals surface area contributed by atoms with E-state index in [2.05, 4.69) is 10.3 Å². The third-order valence-corrected chi connectivity index (χ3v) is 4.59. The van der Waals surface area contributed by atoms with Gasteiger partial charge in [0.25, 0.3) is 11.6 Å². The highest BCUT2D eigenvalue weighted by atomic mass is 32.2. The Hall–Kier alpha value is -1.83. The first-order valence-electron chi connectivity index (χ1n) is 5.71. The first-order valence-corrected chi connectivity index (χ1v) is 6.93. The molecule has 1 fully saturated rings. The van der Waals surface area contributed by atoms with Gasteiger partial charge in [0, 0.05) is 17.4 Å². The number of nitrogens with two attached hydrogens (primary N) is 1. The number of nitrogens with zero attached hydrogens (tertiary/aromatic N) is 2. The van der Waals surface area contributed by atoms with Crippen molar-refractivity contribution in [3.63, 3.8) is 0 Å². The molecule has 0 aliphatic heterocycles. The largest absolute Gasteiger partial charge is 0.368 e. The van der Waals surface area contributed by atoms with E-state index in [1.54, 1.807) is 11.8 Å². The van der Waals surface area contributed by atoms with Crippen molar-refractivity contribution in [1.29, 1.82) is 0 Å². The van der Waals surface area contributed by atoms with Gasteiger partial charge >= 0.3 is 0 Å². The molecule has 0 unspecified atom stereocenters. The fraction of sp³-hybridized carbons (Fsp3) is 0.455. The summed E-state index contributed by atoms with van der Waals surface area (Å²) in [6, 6.07) is 1.15. The van der Waals surface area contributed by atoms with Crippen molar-refractivity contribution >= 4 is 29.2 Å². The zero-order chi connectivity index (χ0) is 14.0. The topological polar surface area (TPSA) is 111 Å². The fourth-order valence-electron chi connectivity index (χ4n) is 1.72. The van der Waals surface area contributed by atoms with Gasteiger partial charge in [-0.2, -0.15) is 11.8 Å². The Bertz CT molecular complexity index is 531. The summed E-state index contributed by atoms with van der Waals surface area (Å²) in [6.45, 7) is 0.666. The van der Waals surface area contributed by atoms with Crippen molar-refractivity contribution in [3.8, 4) is 0 Å². The molecule has 1 amide bonds. The maximum Gasteiger partial charge on any atom is 0.288 e. The second kappa shape index (κ2) is 5.04. The van der Waals surface area contributed by atoms with E-state index >= 15 is 0 Å². The number of hydrogen-bond acceptors (Lipinski definition) is 6. The summed E-state index contributed by atoms with van der Waals surface area (Å²) < 4.78 is 0.193. The Morgan fingerprint density at radius 2 is 2.37 bits per heavy atom. The molecule has 0 saturated heterocycles. The van der Waals surface area contributed by atoms with Gasteiger partial charge in [-0.05, 0) is 19.1 Å². The zero-order valence-corrected chi connectivity index (χ0v) is 11.2. The molecule has 0 bridgehead atoms. The van der Waals surface area contributed by atoms with Crippen molar-refractivity contribution in [1.82, 2.24) is 4.98 Å². The van der Waals surface area contributed by atoms with Gasteiger partial charge in [0.2, 0.25) is 0 Å².